The van der Waals surface area contributed by atoms with E-state index in [9.17, 15) is 4.79 Å². The van der Waals surface area contributed by atoms with E-state index >= 15 is 0 Å². The van der Waals surface area contributed by atoms with Crippen molar-refractivity contribution in [2.45, 2.75) is 19.9 Å². The highest BCUT2D eigenvalue weighted by molar-refractivity contribution is 9.10. The molecule has 0 bridgehead atoms. The molecular weight excluding hydrogens is 446 g/mol. The number of hydrogen-bond donors (Lipinski definition) is 0. The van der Waals surface area contributed by atoms with Crippen molar-refractivity contribution in [2.75, 3.05) is 13.7 Å². The molecule has 0 aliphatic carbocycles. The number of ether oxygens (including phenoxy) is 1. The van der Waals surface area contributed by atoms with Gasteiger partial charge in [-0.1, -0.05) is 41.9 Å². The molecule has 0 fully saturated rings. The summed E-state index contributed by atoms with van der Waals surface area (Å²) in [4.78, 5) is 18.1. The Morgan fingerprint density at radius 3 is 2.79 bits per heavy atom. The normalized spacial score (nSPS) is 10.7. The zero-order valence-electron chi connectivity index (χ0n) is 15.5. The largest absolute Gasteiger partial charge is 0.483 e. The molecule has 3 rings (SSSR count). The number of aryl methyl sites for hydroxylation is 1. The van der Waals surface area contributed by atoms with E-state index in [0.29, 0.717) is 28.1 Å². The second-order valence-corrected chi connectivity index (χ2v) is 7.41. The van der Waals surface area contributed by atoms with Crippen molar-refractivity contribution in [1.82, 2.24) is 15.0 Å². The van der Waals surface area contributed by atoms with Crippen LogP contribution in [0.2, 0.25) is 5.02 Å². The maximum Gasteiger partial charge on any atom is 0.260 e. The fourth-order valence-corrected chi connectivity index (χ4v) is 3.25. The maximum absolute atomic E-state index is 12.4. The average molecular weight is 465 g/mol. The number of likely N-dealkylation sites (N-methyl/N-ethyl adjacent to an activating group) is 1. The molecule has 8 heteroatoms. The number of aromatic nitrogens is 2. The lowest BCUT2D eigenvalue weighted by molar-refractivity contribution is -0.132. The van der Waals surface area contributed by atoms with E-state index in [1.54, 1.807) is 19.2 Å². The molecule has 1 aromatic heterocycles. The molecule has 28 heavy (non-hydrogen) atoms. The number of hydrogen-bond acceptors (Lipinski definition) is 5. The summed E-state index contributed by atoms with van der Waals surface area (Å²) in [7, 11) is 1.65. The molecule has 0 saturated carbocycles. The molecule has 3 aromatic rings. The zero-order valence-corrected chi connectivity index (χ0v) is 17.8. The predicted molar refractivity (Wildman–Crippen MR) is 110 cm³/mol. The summed E-state index contributed by atoms with van der Waals surface area (Å²) in [5.74, 6) is 1.12. The third-order valence-electron chi connectivity index (χ3n) is 4.14. The van der Waals surface area contributed by atoms with Crippen LogP contribution >= 0.6 is 27.5 Å². The molecule has 6 nitrogen and oxygen atoms in total. The Labute approximate surface area is 176 Å². The van der Waals surface area contributed by atoms with Crippen LogP contribution in [0, 0.1) is 0 Å². The van der Waals surface area contributed by atoms with E-state index in [4.69, 9.17) is 20.9 Å². The van der Waals surface area contributed by atoms with Crippen LogP contribution in [0.4, 0.5) is 0 Å². The van der Waals surface area contributed by atoms with E-state index in [-0.39, 0.29) is 19.1 Å². The van der Waals surface area contributed by atoms with Crippen molar-refractivity contribution >= 4 is 33.4 Å². The first-order valence-electron chi connectivity index (χ1n) is 8.70. The molecule has 0 spiro atoms. The van der Waals surface area contributed by atoms with Gasteiger partial charge in [0, 0.05) is 12.6 Å². The van der Waals surface area contributed by atoms with Crippen LogP contribution in [-0.2, 0) is 17.8 Å². The highest BCUT2D eigenvalue weighted by atomic mass is 79.9. The maximum atomic E-state index is 12.4. The number of halogens is 2. The second-order valence-electron chi connectivity index (χ2n) is 6.15. The topological polar surface area (TPSA) is 68.5 Å². The van der Waals surface area contributed by atoms with E-state index in [2.05, 4.69) is 33.0 Å². The Bertz CT molecular complexity index is 977. The molecule has 0 aliphatic heterocycles. The fourth-order valence-electron chi connectivity index (χ4n) is 2.49. The van der Waals surface area contributed by atoms with Crippen molar-refractivity contribution in [3.63, 3.8) is 0 Å². The quantitative estimate of drug-likeness (QED) is 0.504. The van der Waals surface area contributed by atoms with Crippen LogP contribution in [0.3, 0.4) is 0 Å². The fraction of sp³-hybridized carbons (Fsp3) is 0.250. The van der Waals surface area contributed by atoms with Gasteiger partial charge in [0.25, 0.3) is 5.91 Å². The van der Waals surface area contributed by atoms with Crippen LogP contribution in [0.1, 0.15) is 18.4 Å². The van der Waals surface area contributed by atoms with Crippen molar-refractivity contribution in [3.8, 4) is 17.1 Å². The van der Waals surface area contributed by atoms with Crippen molar-refractivity contribution < 1.29 is 14.1 Å². The van der Waals surface area contributed by atoms with Crippen LogP contribution in [0.15, 0.2) is 51.5 Å². The molecule has 0 N–H and O–H groups in total. The summed E-state index contributed by atoms with van der Waals surface area (Å²) in [5.41, 5.74) is 1.87. The lowest BCUT2D eigenvalue weighted by atomic mass is 10.2. The van der Waals surface area contributed by atoms with Crippen LogP contribution in [-0.4, -0.2) is 34.6 Å². The molecule has 0 atom stereocenters. The van der Waals surface area contributed by atoms with Gasteiger partial charge in [-0.05, 0) is 52.2 Å². The van der Waals surface area contributed by atoms with Gasteiger partial charge in [-0.15, -0.1) is 0 Å². The number of amides is 1. The van der Waals surface area contributed by atoms with Gasteiger partial charge >= 0.3 is 0 Å². The van der Waals surface area contributed by atoms with Gasteiger partial charge in [0.2, 0.25) is 11.7 Å². The minimum absolute atomic E-state index is 0.0912. The van der Waals surface area contributed by atoms with Crippen LogP contribution < -0.4 is 4.74 Å². The van der Waals surface area contributed by atoms with Gasteiger partial charge in [0.05, 0.1) is 16.0 Å². The monoisotopic (exact) mass is 463 g/mol. The molecule has 0 unspecified atom stereocenters. The summed E-state index contributed by atoms with van der Waals surface area (Å²) in [6.07, 6.45) is 0.931. The molecule has 1 amide bonds. The summed E-state index contributed by atoms with van der Waals surface area (Å²) in [6, 6.07) is 13.0. The zero-order chi connectivity index (χ0) is 20.1. The number of carbonyl (C=O) groups excluding carboxylic acids is 1. The molecule has 146 valence electrons. The molecule has 1 heterocycles. The SMILES string of the molecule is CCc1ccc(OCC(=O)N(C)Cc2nc(-c3ccccc3Cl)no2)c(Br)c1. The second kappa shape index (κ2) is 9.21. The first-order chi connectivity index (χ1) is 13.5. The standard InChI is InChI=1S/C20H19BrClN3O3/c1-3-13-8-9-17(15(21)10-13)27-12-19(26)25(2)11-18-23-20(24-28-18)14-6-4-5-7-16(14)22/h4-10H,3,11-12H2,1-2H3. The molecule has 0 saturated heterocycles. The molecule has 0 aliphatic rings. The number of nitrogens with zero attached hydrogens (tertiary/aromatic N) is 3. The number of carbonyl (C=O) groups is 1. The van der Waals surface area contributed by atoms with Crippen molar-refractivity contribution in [3.05, 3.63) is 63.4 Å². The van der Waals surface area contributed by atoms with E-state index < -0.39 is 0 Å². The van der Waals surface area contributed by atoms with Gasteiger partial charge in [0.1, 0.15) is 5.75 Å². The Morgan fingerprint density at radius 1 is 1.29 bits per heavy atom. The molecular formula is C20H19BrClN3O3. The Morgan fingerprint density at radius 2 is 2.07 bits per heavy atom. The first kappa shape index (κ1) is 20.4. The predicted octanol–water partition coefficient (Wildman–Crippen LogP) is 4.75. The third kappa shape index (κ3) is 4.91. The van der Waals surface area contributed by atoms with E-state index in [1.165, 1.54) is 10.5 Å². The number of benzene rings is 2. The van der Waals surface area contributed by atoms with Crippen LogP contribution in [0.25, 0.3) is 11.4 Å². The van der Waals surface area contributed by atoms with Gasteiger partial charge < -0.3 is 14.2 Å². The Kier molecular flexibility index (Phi) is 6.70. The summed E-state index contributed by atoms with van der Waals surface area (Å²) in [5, 5.41) is 4.47. The average Bonchev–Trinajstić information content (AvgIpc) is 3.15. The first-order valence-corrected chi connectivity index (χ1v) is 9.87. The highest BCUT2D eigenvalue weighted by Gasteiger charge is 2.16. The lowest BCUT2D eigenvalue weighted by Gasteiger charge is -2.16. The molecule has 2 aromatic carbocycles. The van der Waals surface area contributed by atoms with Gasteiger partial charge in [0.15, 0.2) is 6.61 Å². The van der Waals surface area contributed by atoms with Gasteiger partial charge in [-0.2, -0.15) is 4.98 Å². The summed E-state index contributed by atoms with van der Waals surface area (Å²) < 4.78 is 11.7. The Hall–Kier alpha value is -2.38. The van der Waals surface area contributed by atoms with Gasteiger partial charge in [-0.3, -0.25) is 4.79 Å². The van der Waals surface area contributed by atoms with Gasteiger partial charge in [-0.25, -0.2) is 0 Å². The highest BCUT2D eigenvalue weighted by Crippen LogP contribution is 2.27. The minimum Gasteiger partial charge on any atom is -0.483 e. The Balaban J connectivity index is 1.58. The van der Waals surface area contributed by atoms with Crippen molar-refractivity contribution in [1.29, 1.82) is 0 Å². The van der Waals surface area contributed by atoms with Crippen molar-refractivity contribution in [2.24, 2.45) is 0 Å². The third-order valence-corrected chi connectivity index (χ3v) is 5.09. The van der Waals surface area contributed by atoms with E-state index in [0.717, 1.165) is 10.9 Å². The summed E-state index contributed by atoms with van der Waals surface area (Å²) in [6.45, 7) is 2.16. The molecule has 0 radical (unpaired) electrons. The smallest absolute Gasteiger partial charge is 0.260 e. The lowest BCUT2D eigenvalue weighted by Crippen LogP contribution is -2.31. The summed E-state index contributed by atoms with van der Waals surface area (Å²) >= 11 is 9.61. The number of rotatable bonds is 7. The van der Waals surface area contributed by atoms with E-state index in [1.807, 2.05) is 30.3 Å². The van der Waals surface area contributed by atoms with Crippen LogP contribution in [0.5, 0.6) is 5.75 Å². The minimum atomic E-state index is -0.205.